The van der Waals surface area contributed by atoms with E-state index in [0.717, 1.165) is 94.3 Å². The summed E-state index contributed by atoms with van der Waals surface area (Å²) in [6.45, 7) is 0. The van der Waals surface area contributed by atoms with Gasteiger partial charge in [0, 0.05) is 54.8 Å². The fourth-order valence-electron chi connectivity index (χ4n) is 9.44. The molecule has 0 unspecified atom stereocenters. The van der Waals surface area contributed by atoms with Crippen LogP contribution in [0.4, 0.5) is 0 Å². The Morgan fingerprint density at radius 2 is 0.833 bits per heavy atom. The van der Waals surface area contributed by atoms with E-state index in [1.807, 2.05) is 18.2 Å². The Morgan fingerprint density at radius 3 is 1.43 bits per heavy atom. The van der Waals surface area contributed by atoms with Crippen molar-refractivity contribution in [3.8, 4) is 45.1 Å². The van der Waals surface area contributed by atoms with Gasteiger partial charge in [0.25, 0.3) is 0 Å². The number of oxazole rings is 1. The molecule has 5 heteroatoms. The SMILES string of the molecule is c1ccc(-c2cc(-c3ccc4oc5ccccc5c4c3)c3nc(-c4cc(-n5c6ccccc6c6ccccc65)cc(-n5c6ccccc6c6ccccc65)c4)oc3c2)cc1. The summed E-state index contributed by atoms with van der Waals surface area (Å²) >= 11 is 0. The van der Waals surface area contributed by atoms with Crippen molar-refractivity contribution in [1.29, 1.82) is 0 Å². The summed E-state index contributed by atoms with van der Waals surface area (Å²) in [7, 11) is 0. The van der Waals surface area contributed by atoms with Crippen molar-refractivity contribution in [3.05, 3.63) is 200 Å². The van der Waals surface area contributed by atoms with Crippen LogP contribution in [0.25, 0.3) is 122 Å². The molecule has 4 heterocycles. The molecular formula is C55H33N3O2. The van der Waals surface area contributed by atoms with Gasteiger partial charge in [-0.2, -0.15) is 0 Å². The van der Waals surface area contributed by atoms with Crippen LogP contribution in [-0.2, 0) is 0 Å². The molecule has 0 N–H and O–H groups in total. The number of furan rings is 1. The third kappa shape index (κ3) is 4.90. The molecule has 13 rings (SSSR count). The predicted molar refractivity (Wildman–Crippen MR) is 246 cm³/mol. The topological polar surface area (TPSA) is 49.0 Å². The average Bonchev–Trinajstić information content (AvgIpc) is 4.08. The summed E-state index contributed by atoms with van der Waals surface area (Å²) in [5, 5.41) is 6.99. The molecule has 0 radical (unpaired) electrons. The van der Waals surface area contributed by atoms with Gasteiger partial charge in [0.2, 0.25) is 5.89 Å². The van der Waals surface area contributed by atoms with Crippen LogP contribution in [0, 0.1) is 0 Å². The number of hydrogen-bond donors (Lipinski definition) is 0. The standard InChI is InChI=1S/C55H33N3O2/c1-2-14-34(15-3-1)36-31-45(35-26-27-52-46(30-35)44-20-8-13-25-51(44)59-52)54-53(32-36)60-55(56-54)37-28-38(57-47-21-9-4-16-40(47)41-17-5-10-22-48(41)57)33-39(29-37)58-49-23-11-6-18-42(49)43-19-7-12-24-50(43)58/h1-33H. The molecule has 0 aliphatic rings. The molecule has 0 bridgehead atoms. The lowest BCUT2D eigenvalue weighted by Crippen LogP contribution is -2.00. The molecule has 0 fully saturated rings. The van der Waals surface area contributed by atoms with Gasteiger partial charge in [-0.05, 0) is 89.5 Å². The van der Waals surface area contributed by atoms with Gasteiger partial charge in [-0.25, -0.2) is 4.98 Å². The first-order valence-electron chi connectivity index (χ1n) is 20.3. The van der Waals surface area contributed by atoms with Crippen molar-refractivity contribution in [2.24, 2.45) is 0 Å². The van der Waals surface area contributed by atoms with Crippen LogP contribution < -0.4 is 0 Å². The second kappa shape index (κ2) is 12.7. The van der Waals surface area contributed by atoms with Crippen LogP contribution in [0.2, 0.25) is 0 Å². The first kappa shape index (κ1) is 32.9. The molecule has 60 heavy (non-hydrogen) atoms. The Hall–Kier alpha value is -8.15. The molecule has 0 spiro atoms. The number of nitrogens with zero attached hydrogens (tertiary/aromatic N) is 3. The summed E-state index contributed by atoms with van der Waals surface area (Å²) in [5.41, 5.74) is 14.9. The van der Waals surface area contributed by atoms with Gasteiger partial charge in [-0.1, -0.05) is 127 Å². The van der Waals surface area contributed by atoms with E-state index in [1.54, 1.807) is 0 Å². The average molecular weight is 768 g/mol. The molecule has 9 aromatic carbocycles. The molecule has 0 saturated carbocycles. The number of aromatic nitrogens is 3. The summed E-state index contributed by atoms with van der Waals surface area (Å²) in [6.07, 6.45) is 0. The van der Waals surface area contributed by atoms with Crippen LogP contribution in [0.5, 0.6) is 0 Å². The Labute approximate surface area is 343 Å². The molecular weight excluding hydrogens is 735 g/mol. The van der Waals surface area contributed by atoms with Crippen molar-refractivity contribution in [1.82, 2.24) is 14.1 Å². The molecule has 0 aliphatic carbocycles. The monoisotopic (exact) mass is 767 g/mol. The lowest BCUT2D eigenvalue weighted by molar-refractivity contribution is 0.620. The molecule has 0 atom stereocenters. The van der Waals surface area contributed by atoms with E-state index in [0.29, 0.717) is 5.89 Å². The van der Waals surface area contributed by atoms with Crippen LogP contribution in [0.3, 0.4) is 0 Å². The predicted octanol–water partition coefficient (Wildman–Crippen LogP) is 14.9. The largest absolute Gasteiger partial charge is 0.456 e. The molecule has 0 saturated heterocycles. The van der Waals surface area contributed by atoms with E-state index in [9.17, 15) is 0 Å². The smallest absolute Gasteiger partial charge is 0.227 e. The van der Waals surface area contributed by atoms with E-state index >= 15 is 0 Å². The minimum absolute atomic E-state index is 0.552. The Balaban J connectivity index is 1.10. The molecule has 280 valence electrons. The fourth-order valence-corrected chi connectivity index (χ4v) is 9.44. The Kier molecular flexibility index (Phi) is 6.95. The zero-order chi connectivity index (χ0) is 39.3. The van der Waals surface area contributed by atoms with Crippen LogP contribution in [-0.4, -0.2) is 14.1 Å². The first-order valence-corrected chi connectivity index (χ1v) is 20.3. The molecule has 0 amide bonds. The third-order valence-electron chi connectivity index (χ3n) is 12.1. The van der Waals surface area contributed by atoms with Gasteiger partial charge in [0.05, 0.1) is 22.1 Å². The fraction of sp³-hybridized carbons (Fsp3) is 0. The quantitative estimate of drug-likeness (QED) is 0.175. The number of benzene rings is 9. The van der Waals surface area contributed by atoms with E-state index < -0.39 is 0 Å². The zero-order valence-corrected chi connectivity index (χ0v) is 32.2. The molecule has 0 aliphatic heterocycles. The van der Waals surface area contributed by atoms with Crippen molar-refractivity contribution in [2.45, 2.75) is 0 Å². The lowest BCUT2D eigenvalue weighted by atomic mass is 9.96. The highest BCUT2D eigenvalue weighted by molar-refractivity contribution is 6.11. The van der Waals surface area contributed by atoms with Gasteiger partial charge in [-0.3, -0.25) is 0 Å². The van der Waals surface area contributed by atoms with Gasteiger partial charge in [-0.15, -0.1) is 0 Å². The zero-order valence-electron chi connectivity index (χ0n) is 32.2. The van der Waals surface area contributed by atoms with Crippen molar-refractivity contribution in [3.63, 3.8) is 0 Å². The lowest BCUT2D eigenvalue weighted by Gasteiger charge is -2.14. The van der Waals surface area contributed by atoms with Gasteiger partial charge in [0.1, 0.15) is 16.7 Å². The van der Waals surface area contributed by atoms with Crippen LogP contribution in [0.1, 0.15) is 0 Å². The molecule has 5 nitrogen and oxygen atoms in total. The highest BCUT2D eigenvalue weighted by Crippen LogP contribution is 2.41. The van der Waals surface area contributed by atoms with Crippen molar-refractivity contribution >= 4 is 76.6 Å². The maximum Gasteiger partial charge on any atom is 0.227 e. The number of hydrogen-bond acceptors (Lipinski definition) is 3. The minimum Gasteiger partial charge on any atom is -0.456 e. The third-order valence-corrected chi connectivity index (χ3v) is 12.1. The Bertz CT molecular complexity index is 3610. The van der Waals surface area contributed by atoms with Gasteiger partial charge < -0.3 is 18.0 Å². The van der Waals surface area contributed by atoms with Gasteiger partial charge in [0.15, 0.2) is 5.58 Å². The molecule has 4 aromatic heterocycles. The van der Waals surface area contributed by atoms with E-state index in [2.05, 4.69) is 191 Å². The van der Waals surface area contributed by atoms with Crippen LogP contribution in [0.15, 0.2) is 209 Å². The minimum atomic E-state index is 0.552. The Morgan fingerprint density at radius 1 is 0.317 bits per heavy atom. The summed E-state index contributed by atoms with van der Waals surface area (Å²) in [6, 6.07) is 70.8. The number of para-hydroxylation sites is 5. The van der Waals surface area contributed by atoms with Crippen molar-refractivity contribution < 1.29 is 8.83 Å². The summed E-state index contributed by atoms with van der Waals surface area (Å²) in [4.78, 5) is 5.41. The summed E-state index contributed by atoms with van der Waals surface area (Å²) < 4.78 is 18.0. The highest BCUT2D eigenvalue weighted by atomic mass is 16.3. The van der Waals surface area contributed by atoms with E-state index in [1.165, 1.54) is 21.5 Å². The highest BCUT2D eigenvalue weighted by Gasteiger charge is 2.21. The summed E-state index contributed by atoms with van der Waals surface area (Å²) in [5.74, 6) is 0.552. The maximum atomic E-state index is 6.97. The van der Waals surface area contributed by atoms with E-state index in [-0.39, 0.29) is 0 Å². The normalized spacial score (nSPS) is 12.0. The first-order chi connectivity index (χ1) is 29.7. The van der Waals surface area contributed by atoms with E-state index in [4.69, 9.17) is 13.8 Å². The molecule has 13 aromatic rings. The van der Waals surface area contributed by atoms with Gasteiger partial charge >= 0.3 is 0 Å². The van der Waals surface area contributed by atoms with Crippen LogP contribution >= 0.6 is 0 Å². The van der Waals surface area contributed by atoms with Crippen molar-refractivity contribution in [2.75, 3.05) is 0 Å². The number of fused-ring (bicyclic) bond motifs is 10. The maximum absolute atomic E-state index is 6.97. The second-order valence-corrected chi connectivity index (χ2v) is 15.5. The second-order valence-electron chi connectivity index (χ2n) is 15.5. The number of rotatable bonds is 5.